The lowest BCUT2D eigenvalue weighted by Gasteiger charge is -1.91. The fraction of sp³-hybridized carbons (Fsp3) is 0.400. The number of aromatic nitrogens is 1. The van der Waals surface area contributed by atoms with Crippen molar-refractivity contribution in [1.29, 1.82) is 0 Å². The largest absolute Gasteiger partial charge is 0.491 e. The summed E-state index contributed by atoms with van der Waals surface area (Å²) < 4.78 is 4.65. The maximum Gasteiger partial charge on any atom is 0.251 e. The Kier molecular flexibility index (Phi) is 1.66. The van der Waals surface area contributed by atoms with E-state index in [0.29, 0.717) is 5.76 Å². The molecule has 0 fully saturated rings. The van der Waals surface area contributed by atoms with Gasteiger partial charge >= 0.3 is 0 Å². The summed E-state index contributed by atoms with van der Waals surface area (Å²) in [6.45, 7) is 1.84. The minimum atomic E-state index is -0.0918. The maximum atomic E-state index is 8.66. The van der Waals surface area contributed by atoms with Gasteiger partial charge < -0.3 is 9.63 Å². The van der Waals surface area contributed by atoms with Crippen LogP contribution in [0, 0.1) is 0 Å². The summed E-state index contributed by atoms with van der Waals surface area (Å²) >= 11 is 4.06. The molecule has 0 amide bonds. The summed E-state index contributed by atoms with van der Waals surface area (Å²) in [5.41, 5.74) is 0. The van der Waals surface area contributed by atoms with E-state index in [-0.39, 0.29) is 11.1 Å². The molecule has 4 heteroatoms. The molecule has 1 aromatic rings. The van der Waals surface area contributed by atoms with Crippen molar-refractivity contribution >= 4 is 12.6 Å². The molecule has 3 nitrogen and oxygen atoms in total. The average molecular weight is 145 g/mol. The number of thiol groups is 1. The van der Waals surface area contributed by atoms with Crippen LogP contribution in [0.2, 0.25) is 0 Å². The van der Waals surface area contributed by atoms with Crippen molar-refractivity contribution in [3.63, 3.8) is 0 Å². The fourth-order valence-corrected chi connectivity index (χ4v) is 0.598. The molecule has 0 aromatic carbocycles. The van der Waals surface area contributed by atoms with E-state index in [0.717, 1.165) is 0 Å². The van der Waals surface area contributed by atoms with E-state index in [1.54, 1.807) is 0 Å². The van der Waals surface area contributed by atoms with Gasteiger partial charge in [0.1, 0.15) is 0 Å². The van der Waals surface area contributed by atoms with Crippen LogP contribution in [0.5, 0.6) is 5.88 Å². The van der Waals surface area contributed by atoms with Crippen LogP contribution in [0.3, 0.4) is 0 Å². The summed E-state index contributed by atoms with van der Waals surface area (Å²) in [7, 11) is 0. The van der Waals surface area contributed by atoms with Crippen LogP contribution in [0.4, 0.5) is 0 Å². The highest BCUT2D eigenvalue weighted by Crippen LogP contribution is 2.21. The third kappa shape index (κ3) is 1.38. The zero-order valence-corrected chi connectivity index (χ0v) is 5.80. The second-order valence-corrected chi connectivity index (χ2v) is 2.54. The highest BCUT2D eigenvalue weighted by Gasteiger charge is 2.05. The normalized spacial score (nSPS) is 13.6. The molecule has 0 spiro atoms. The first kappa shape index (κ1) is 6.48. The fourth-order valence-electron chi connectivity index (χ4n) is 0.476. The predicted octanol–water partition coefficient (Wildman–Crippen LogP) is 1.37. The molecule has 1 unspecified atom stereocenters. The van der Waals surface area contributed by atoms with Gasteiger partial charge in [0.2, 0.25) is 0 Å². The molecule has 0 saturated carbocycles. The van der Waals surface area contributed by atoms with Crippen LogP contribution in [0.1, 0.15) is 17.9 Å². The van der Waals surface area contributed by atoms with Gasteiger partial charge in [0.25, 0.3) is 5.88 Å². The Bertz CT molecular complexity index is 197. The predicted molar refractivity (Wildman–Crippen MR) is 35.6 cm³/mol. The second kappa shape index (κ2) is 2.31. The van der Waals surface area contributed by atoms with Crippen LogP contribution in [-0.4, -0.2) is 10.3 Å². The molecular formula is C5H7NO2S. The van der Waals surface area contributed by atoms with Crippen molar-refractivity contribution in [2.75, 3.05) is 0 Å². The van der Waals surface area contributed by atoms with Crippen LogP contribution in [0.15, 0.2) is 10.6 Å². The van der Waals surface area contributed by atoms with Gasteiger partial charge in [-0.05, 0) is 12.1 Å². The highest BCUT2D eigenvalue weighted by atomic mass is 32.1. The zero-order chi connectivity index (χ0) is 6.85. The number of aromatic hydroxyl groups is 1. The highest BCUT2D eigenvalue weighted by molar-refractivity contribution is 7.80. The molecule has 1 atom stereocenters. The molecule has 0 aliphatic heterocycles. The van der Waals surface area contributed by atoms with Crippen molar-refractivity contribution in [3.8, 4) is 5.88 Å². The maximum absolute atomic E-state index is 8.66. The molecule has 0 bridgehead atoms. The van der Waals surface area contributed by atoms with E-state index < -0.39 is 0 Å². The van der Waals surface area contributed by atoms with E-state index in [2.05, 4.69) is 22.3 Å². The van der Waals surface area contributed by atoms with Gasteiger partial charge in [0.05, 0.1) is 5.25 Å². The molecule has 9 heavy (non-hydrogen) atoms. The van der Waals surface area contributed by atoms with Crippen LogP contribution < -0.4 is 0 Å². The molecule has 1 N–H and O–H groups in total. The smallest absolute Gasteiger partial charge is 0.251 e. The van der Waals surface area contributed by atoms with Gasteiger partial charge in [0, 0.05) is 6.07 Å². The molecule has 1 aromatic heterocycles. The van der Waals surface area contributed by atoms with E-state index in [9.17, 15) is 0 Å². The first-order chi connectivity index (χ1) is 4.20. The monoisotopic (exact) mass is 145 g/mol. The van der Waals surface area contributed by atoms with Gasteiger partial charge in [-0.15, -0.1) is 0 Å². The Hall–Kier alpha value is -0.640. The molecular weight excluding hydrogens is 138 g/mol. The minimum Gasteiger partial charge on any atom is -0.491 e. The Morgan fingerprint density at radius 3 is 2.78 bits per heavy atom. The molecule has 1 rings (SSSR count). The molecule has 0 saturated heterocycles. The van der Waals surface area contributed by atoms with Crippen molar-refractivity contribution in [2.45, 2.75) is 12.2 Å². The first-order valence-electron chi connectivity index (χ1n) is 2.54. The second-order valence-electron chi connectivity index (χ2n) is 1.76. The Labute approximate surface area is 58.1 Å². The van der Waals surface area contributed by atoms with Gasteiger partial charge in [-0.25, -0.2) is 0 Å². The zero-order valence-electron chi connectivity index (χ0n) is 4.90. The van der Waals surface area contributed by atoms with E-state index in [1.807, 2.05) is 6.92 Å². The lowest BCUT2D eigenvalue weighted by Crippen LogP contribution is -1.76. The van der Waals surface area contributed by atoms with Gasteiger partial charge in [-0.1, -0.05) is 0 Å². The summed E-state index contributed by atoms with van der Waals surface area (Å²) in [6.07, 6.45) is 0. The average Bonchev–Trinajstić information content (AvgIpc) is 2.14. The lowest BCUT2D eigenvalue weighted by molar-refractivity contribution is 0.342. The third-order valence-corrected chi connectivity index (χ3v) is 1.18. The number of nitrogens with zero attached hydrogens (tertiary/aromatic N) is 1. The van der Waals surface area contributed by atoms with Crippen molar-refractivity contribution in [1.82, 2.24) is 5.16 Å². The van der Waals surface area contributed by atoms with E-state index in [4.69, 9.17) is 5.11 Å². The number of hydrogen-bond donors (Lipinski definition) is 2. The van der Waals surface area contributed by atoms with Crippen LogP contribution in [0.25, 0.3) is 0 Å². The third-order valence-electron chi connectivity index (χ3n) is 0.928. The van der Waals surface area contributed by atoms with Crippen molar-refractivity contribution in [2.24, 2.45) is 0 Å². The summed E-state index contributed by atoms with van der Waals surface area (Å²) in [5.74, 6) is 0.488. The van der Waals surface area contributed by atoms with Crippen molar-refractivity contribution < 1.29 is 9.63 Å². The number of hydrogen-bond acceptors (Lipinski definition) is 4. The Morgan fingerprint density at radius 2 is 2.56 bits per heavy atom. The molecule has 0 aliphatic rings. The van der Waals surface area contributed by atoms with E-state index >= 15 is 0 Å². The van der Waals surface area contributed by atoms with Gasteiger partial charge in [-0.2, -0.15) is 12.6 Å². The van der Waals surface area contributed by atoms with E-state index in [1.165, 1.54) is 6.07 Å². The minimum absolute atomic E-state index is 0.0154. The molecule has 0 aliphatic carbocycles. The van der Waals surface area contributed by atoms with Crippen molar-refractivity contribution in [3.05, 3.63) is 11.8 Å². The van der Waals surface area contributed by atoms with Gasteiger partial charge in [-0.3, -0.25) is 0 Å². The SMILES string of the molecule is CC(S)c1cc(O)no1. The summed E-state index contributed by atoms with van der Waals surface area (Å²) in [6, 6.07) is 1.44. The van der Waals surface area contributed by atoms with Crippen LogP contribution in [-0.2, 0) is 0 Å². The van der Waals surface area contributed by atoms with Gasteiger partial charge in [0.15, 0.2) is 5.76 Å². The molecule has 0 radical (unpaired) electrons. The first-order valence-corrected chi connectivity index (χ1v) is 3.05. The topological polar surface area (TPSA) is 46.3 Å². The quantitative estimate of drug-likeness (QED) is 0.587. The standard InChI is InChI=1S/C5H7NO2S/c1-3(9)4-2-5(7)6-8-4/h2-3,9H,1H3,(H,6,7). The molecule has 50 valence electrons. The molecule has 1 heterocycles. The Morgan fingerprint density at radius 1 is 1.89 bits per heavy atom. The Balaban J connectivity index is 2.85. The van der Waals surface area contributed by atoms with Crippen LogP contribution >= 0.6 is 12.6 Å². The lowest BCUT2D eigenvalue weighted by atomic mass is 10.3. The summed E-state index contributed by atoms with van der Waals surface area (Å²) in [5, 5.41) is 11.9. The summed E-state index contributed by atoms with van der Waals surface area (Å²) in [4.78, 5) is 0. The number of rotatable bonds is 1.